The summed E-state index contributed by atoms with van der Waals surface area (Å²) >= 11 is 0. The van der Waals surface area contributed by atoms with Gasteiger partial charge in [0.25, 0.3) is 0 Å². The van der Waals surface area contributed by atoms with Crippen LogP contribution in [0.25, 0.3) is 6.08 Å². The van der Waals surface area contributed by atoms with Crippen molar-refractivity contribution in [3.63, 3.8) is 0 Å². The van der Waals surface area contributed by atoms with Crippen molar-refractivity contribution in [1.82, 2.24) is 0 Å². The van der Waals surface area contributed by atoms with Crippen LogP contribution in [0.3, 0.4) is 0 Å². The zero-order valence-electron chi connectivity index (χ0n) is 16.6. The Morgan fingerprint density at radius 1 is 0.967 bits per heavy atom. The van der Waals surface area contributed by atoms with Gasteiger partial charge in [-0.1, -0.05) is 67.2 Å². The number of esters is 1. The smallest absolute Gasteiger partial charge is 0.363 e. The third-order valence-electron chi connectivity index (χ3n) is 4.78. The molecule has 148 valence electrons. The lowest BCUT2D eigenvalue weighted by Gasteiger charge is -2.16. The Kier molecular flexibility index (Phi) is 5.57. The van der Waals surface area contributed by atoms with Gasteiger partial charge >= 0.3 is 5.97 Å². The molecule has 1 aliphatic heterocycles. The van der Waals surface area contributed by atoms with Gasteiger partial charge in [0.1, 0.15) is 11.9 Å². The summed E-state index contributed by atoms with van der Waals surface area (Å²) in [5.74, 6) is 0.592. The summed E-state index contributed by atoms with van der Waals surface area (Å²) in [6.45, 7) is 5.82. The fourth-order valence-electron chi connectivity index (χ4n) is 3.18. The fraction of sp³-hybridized carbons (Fsp3) is 0.0769. The quantitative estimate of drug-likeness (QED) is 0.308. The molecule has 0 fully saturated rings. The molecule has 1 atom stereocenters. The highest BCUT2D eigenvalue weighted by molar-refractivity contribution is 6.13. The van der Waals surface area contributed by atoms with Crippen LogP contribution in [0.4, 0.5) is 0 Å². The predicted molar refractivity (Wildman–Crippen MR) is 118 cm³/mol. The first-order chi connectivity index (χ1) is 14.6. The van der Waals surface area contributed by atoms with Crippen molar-refractivity contribution < 1.29 is 14.3 Å². The zero-order chi connectivity index (χ0) is 20.9. The number of cyclic esters (lactones) is 1. The second-order valence-corrected chi connectivity index (χ2v) is 6.90. The maximum Gasteiger partial charge on any atom is 0.363 e. The molecule has 4 rings (SSSR count). The van der Waals surface area contributed by atoms with Crippen molar-refractivity contribution in [2.75, 3.05) is 0 Å². The highest BCUT2D eigenvalue weighted by Crippen LogP contribution is 2.25. The number of carbonyl (C=O) groups is 1. The van der Waals surface area contributed by atoms with E-state index in [1.165, 1.54) is 0 Å². The molecule has 1 aliphatic rings. The van der Waals surface area contributed by atoms with E-state index in [0.717, 1.165) is 22.3 Å². The number of nitrogens with zero attached hydrogens (tertiary/aromatic N) is 1. The lowest BCUT2D eigenvalue weighted by molar-refractivity contribution is -0.129. The Morgan fingerprint density at radius 2 is 1.67 bits per heavy atom. The molecule has 4 nitrogen and oxygen atoms in total. The maximum absolute atomic E-state index is 12.2. The average molecular weight is 395 g/mol. The summed E-state index contributed by atoms with van der Waals surface area (Å²) < 4.78 is 11.4. The Hall–Kier alpha value is -3.92. The van der Waals surface area contributed by atoms with Gasteiger partial charge in [-0.2, -0.15) is 0 Å². The maximum atomic E-state index is 12.2. The lowest BCUT2D eigenvalue weighted by atomic mass is 10.1. The van der Waals surface area contributed by atoms with Crippen LogP contribution < -0.4 is 4.74 Å². The number of aliphatic imine (C=N–C) groups is 1. The summed E-state index contributed by atoms with van der Waals surface area (Å²) in [4.78, 5) is 16.6. The minimum atomic E-state index is -0.454. The van der Waals surface area contributed by atoms with Gasteiger partial charge in [0.05, 0.1) is 0 Å². The number of rotatable bonds is 6. The van der Waals surface area contributed by atoms with E-state index >= 15 is 0 Å². The number of hydrogen-bond donors (Lipinski definition) is 0. The molecule has 0 aromatic heterocycles. The van der Waals surface area contributed by atoms with E-state index in [-0.39, 0.29) is 11.8 Å². The first-order valence-electron chi connectivity index (χ1n) is 9.67. The average Bonchev–Trinajstić information content (AvgIpc) is 3.14. The summed E-state index contributed by atoms with van der Waals surface area (Å²) in [6.07, 6.45) is 3.24. The molecule has 0 spiro atoms. The van der Waals surface area contributed by atoms with Crippen LogP contribution in [0, 0.1) is 6.92 Å². The number of benzene rings is 3. The van der Waals surface area contributed by atoms with Gasteiger partial charge in [0, 0.05) is 5.56 Å². The molecule has 1 heterocycles. The molecule has 0 saturated heterocycles. The van der Waals surface area contributed by atoms with E-state index in [1.54, 1.807) is 12.2 Å². The Labute approximate surface area is 175 Å². The van der Waals surface area contributed by atoms with Crippen molar-refractivity contribution in [3.8, 4) is 5.75 Å². The van der Waals surface area contributed by atoms with Gasteiger partial charge in [0.15, 0.2) is 5.70 Å². The molecular weight excluding hydrogens is 374 g/mol. The van der Waals surface area contributed by atoms with Crippen LogP contribution in [-0.2, 0) is 9.53 Å². The number of aryl methyl sites for hydroxylation is 1. The van der Waals surface area contributed by atoms with Crippen molar-refractivity contribution in [3.05, 3.63) is 119 Å². The van der Waals surface area contributed by atoms with E-state index in [0.29, 0.717) is 11.6 Å². The van der Waals surface area contributed by atoms with Crippen LogP contribution in [0.2, 0.25) is 0 Å². The van der Waals surface area contributed by atoms with Crippen molar-refractivity contribution in [2.24, 2.45) is 4.99 Å². The zero-order valence-corrected chi connectivity index (χ0v) is 16.6. The van der Waals surface area contributed by atoms with Gasteiger partial charge in [-0.3, -0.25) is 0 Å². The molecule has 0 saturated carbocycles. The minimum absolute atomic E-state index is 0.235. The van der Waals surface area contributed by atoms with Gasteiger partial charge < -0.3 is 9.47 Å². The second kappa shape index (κ2) is 8.62. The third kappa shape index (κ3) is 4.23. The normalized spacial score (nSPS) is 15.4. The topological polar surface area (TPSA) is 47.9 Å². The Bertz CT molecular complexity index is 1130. The molecule has 0 amide bonds. The summed E-state index contributed by atoms with van der Waals surface area (Å²) in [5.41, 5.74) is 3.95. The lowest BCUT2D eigenvalue weighted by Crippen LogP contribution is -2.06. The standard InChI is InChI=1S/C26H21NO3/c1-3-24(20-10-5-4-6-11-20)29-21-15-13-19(14-16-21)17-23-26(28)30-25(27-23)22-12-8-7-9-18(22)2/h3-17,24H,1H2,2H3/b23-17-. The number of hydrogen-bond acceptors (Lipinski definition) is 4. The highest BCUT2D eigenvalue weighted by atomic mass is 16.6. The number of ether oxygens (including phenoxy) is 2. The van der Waals surface area contributed by atoms with Crippen LogP contribution in [-0.4, -0.2) is 11.9 Å². The summed E-state index contributed by atoms with van der Waals surface area (Å²) in [6, 6.07) is 25.1. The molecule has 0 N–H and O–H groups in total. The number of carbonyl (C=O) groups excluding carboxylic acids is 1. The Balaban J connectivity index is 1.51. The molecule has 4 heteroatoms. The van der Waals surface area contributed by atoms with E-state index < -0.39 is 5.97 Å². The van der Waals surface area contributed by atoms with Crippen molar-refractivity contribution in [2.45, 2.75) is 13.0 Å². The molecule has 0 radical (unpaired) electrons. The van der Waals surface area contributed by atoms with E-state index in [1.807, 2.05) is 85.8 Å². The van der Waals surface area contributed by atoms with Crippen molar-refractivity contribution >= 4 is 17.9 Å². The molecule has 0 aliphatic carbocycles. The van der Waals surface area contributed by atoms with Crippen molar-refractivity contribution in [1.29, 1.82) is 0 Å². The van der Waals surface area contributed by atoms with E-state index in [4.69, 9.17) is 9.47 Å². The van der Waals surface area contributed by atoms with E-state index in [9.17, 15) is 4.79 Å². The molecule has 30 heavy (non-hydrogen) atoms. The van der Waals surface area contributed by atoms with Crippen LogP contribution in [0.1, 0.15) is 28.4 Å². The fourth-order valence-corrected chi connectivity index (χ4v) is 3.18. The van der Waals surface area contributed by atoms with Crippen LogP contribution in [0.5, 0.6) is 5.75 Å². The molecule has 3 aromatic carbocycles. The third-order valence-corrected chi connectivity index (χ3v) is 4.78. The molecule has 1 unspecified atom stereocenters. The van der Waals surface area contributed by atoms with Crippen LogP contribution in [0.15, 0.2) is 102 Å². The first-order valence-corrected chi connectivity index (χ1v) is 9.67. The minimum Gasteiger partial charge on any atom is -0.482 e. The van der Waals surface area contributed by atoms with E-state index in [2.05, 4.69) is 11.6 Å². The van der Waals surface area contributed by atoms with Crippen LogP contribution >= 0.6 is 0 Å². The summed E-state index contributed by atoms with van der Waals surface area (Å²) in [5, 5.41) is 0. The SMILES string of the molecule is C=CC(Oc1ccc(/C=C2\N=C(c3ccccc3C)OC2=O)cc1)c1ccccc1. The highest BCUT2D eigenvalue weighted by Gasteiger charge is 2.24. The van der Waals surface area contributed by atoms with Gasteiger partial charge in [-0.15, -0.1) is 0 Å². The predicted octanol–water partition coefficient (Wildman–Crippen LogP) is 5.65. The molecule has 3 aromatic rings. The van der Waals surface area contributed by atoms with Gasteiger partial charge in [-0.25, -0.2) is 9.79 Å². The molecular formula is C26H21NO3. The Morgan fingerprint density at radius 3 is 2.37 bits per heavy atom. The first kappa shape index (κ1) is 19.4. The van der Waals surface area contributed by atoms with Gasteiger partial charge in [0.2, 0.25) is 5.90 Å². The molecule has 0 bridgehead atoms. The second-order valence-electron chi connectivity index (χ2n) is 6.90. The monoisotopic (exact) mass is 395 g/mol. The largest absolute Gasteiger partial charge is 0.482 e. The van der Waals surface area contributed by atoms with Gasteiger partial charge in [-0.05, 0) is 54.0 Å². The summed E-state index contributed by atoms with van der Waals surface area (Å²) in [7, 11) is 0.